The molecule has 1 heterocycles. The van der Waals surface area contributed by atoms with E-state index in [1.54, 1.807) is 28.8 Å². The quantitative estimate of drug-likeness (QED) is 0.220. The second kappa shape index (κ2) is 14.0. The third kappa shape index (κ3) is 9.78. The summed E-state index contributed by atoms with van der Waals surface area (Å²) in [5, 5.41) is 6.50. The van der Waals surface area contributed by atoms with Crippen molar-refractivity contribution in [2.24, 2.45) is 4.99 Å². The zero-order valence-corrected chi connectivity index (χ0v) is 19.3. The summed E-state index contributed by atoms with van der Waals surface area (Å²) in [5.41, 5.74) is 0.0282. The summed E-state index contributed by atoms with van der Waals surface area (Å²) in [6.45, 7) is 6.65. The summed E-state index contributed by atoms with van der Waals surface area (Å²) >= 11 is 0. The Morgan fingerprint density at radius 2 is 1.93 bits per heavy atom. The number of pyridine rings is 1. The molecule has 0 amide bonds. The Hall–Kier alpha value is -2.10. The van der Waals surface area contributed by atoms with Gasteiger partial charge < -0.3 is 19.9 Å². The largest absolute Gasteiger partial charge is 0.489 e. The van der Waals surface area contributed by atoms with Crippen LogP contribution >= 0.6 is 24.0 Å². The molecular formula is C21H30FIN4O2. The molecule has 0 aliphatic heterocycles. The number of halogens is 2. The smallest absolute Gasteiger partial charge is 0.250 e. The van der Waals surface area contributed by atoms with Crippen LogP contribution in [0.3, 0.4) is 0 Å². The summed E-state index contributed by atoms with van der Waals surface area (Å²) < 4.78 is 20.4. The molecule has 0 saturated heterocycles. The number of nitrogens with one attached hydrogen (secondary N) is 2. The lowest BCUT2D eigenvalue weighted by Crippen LogP contribution is -2.38. The molecule has 1 unspecified atom stereocenters. The normalized spacial score (nSPS) is 12.0. The number of rotatable bonds is 10. The molecule has 6 nitrogen and oxygen atoms in total. The molecule has 1 atom stereocenters. The van der Waals surface area contributed by atoms with Crippen LogP contribution in [-0.2, 0) is 6.54 Å². The predicted octanol–water partition coefficient (Wildman–Crippen LogP) is 3.41. The van der Waals surface area contributed by atoms with Gasteiger partial charge >= 0.3 is 0 Å². The van der Waals surface area contributed by atoms with E-state index in [-0.39, 0.29) is 41.5 Å². The molecule has 1 aromatic carbocycles. The monoisotopic (exact) mass is 516 g/mol. The van der Waals surface area contributed by atoms with E-state index >= 15 is 0 Å². The van der Waals surface area contributed by atoms with Gasteiger partial charge in [-0.15, -0.1) is 24.0 Å². The second-order valence-electron chi connectivity index (χ2n) is 6.47. The van der Waals surface area contributed by atoms with Crippen molar-refractivity contribution in [3.05, 3.63) is 64.8 Å². The van der Waals surface area contributed by atoms with Gasteiger partial charge in [0, 0.05) is 31.9 Å². The molecule has 0 spiro atoms. The van der Waals surface area contributed by atoms with Crippen LogP contribution in [0.2, 0.25) is 0 Å². The number of benzene rings is 1. The van der Waals surface area contributed by atoms with Crippen molar-refractivity contribution >= 4 is 29.9 Å². The molecule has 2 rings (SSSR count). The Morgan fingerprint density at radius 3 is 2.62 bits per heavy atom. The lowest BCUT2D eigenvalue weighted by molar-refractivity contribution is 0.230. The van der Waals surface area contributed by atoms with Gasteiger partial charge in [0.05, 0.1) is 6.54 Å². The zero-order chi connectivity index (χ0) is 20.2. The highest BCUT2D eigenvalue weighted by atomic mass is 127. The molecule has 0 bridgehead atoms. The van der Waals surface area contributed by atoms with Crippen LogP contribution in [0, 0.1) is 5.82 Å². The molecule has 0 fully saturated rings. The fourth-order valence-electron chi connectivity index (χ4n) is 2.60. The molecule has 1 aromatic heterocycles. The van der Waals surface area contributed by atoms with Crippen molar-refractivity contribution in [2.45, 2.75) is 39.3 Å². The van der Waals surface area contributed by atoms with Gasteiger partial charge in [-0.1, -0.05) is 6.07 Å². The number of nitrogens with zero attached hydrogens (tertiary/aromatic N) is 2. The Morgan fingerprint density at radius 1 is 1.17 bits per heavy atom. The number of aryl methyl sites for hydroxylation is 1. The van der Waals surface area contributed by atoms with Gasteiger partial charge in [-0.2, -0.15) is 0 Å². The number of ether oxygens (including phenoxy) is 1. The van der Waals surface area contributed by atoms with Crippen LogP contribution in [0.15, 0.2) is 58.4 Å². The lowest BCUT2D eigenvalue weighted by Gasteiger charge is -2.15. The number of hydrogen-bond acceptors (Lipinski definition) is 3. The molecule has 160 valence electrons. The molecule has 0 saturated carbocycles. The lowest BCUT2D eigenvalue weighted by atomic mass is 10.3. The Kier molecular flexibility index (Phi) is 12.0. The summed E-state index contributed by atoms with van der Waals surface area (Å²) in [6, 6.07) is 11.2. The highest BCUT2D eigenvalue weighted by Crippen LogP contribution is 2.13. The maximum absolute atomic E-state index is 12.9. The summed E-state index contributed by atoms with van der Waals surface area (Å²) in [5.74, 6) is 1.07. The Labute approximate surface area is 188 Å². The van der Waals surface area contributed by atoms with E-state index in [1.165, 1.54) is 12.1 Å². The average Bonchev–Trinajstić information content (AvgIpc) is 2.69. The molecule has 8 heteroatoms. The fourth-order valence-corrected chi connectivity index (χ4v) is 2.60. The Balaban J connectivity index is 0.00000420. The van der Waals surface area contributed by atoms with Gasteiger partial charge in [-0.25, -0.2) is 9.38 Å². The zero-order valence-electron chi connectivity index (χ0n) is 16.9. The summed E-state index contributed by atoms with van der Waals surface area (Å²) in [4.78, 5) is 16.2. The summed E-state index contributed by atoms with van der Waals surface area (Å²) in [6.07, 6.45) is 3.50. The van der Waals surface area contributed by atoms with Crippen molar-refractivity contribution in [3.8, 4) is 5.75 Å². The number of aromatic nitrogens is 1. The van der Waals surface area contributed by atoms with Crippen LogP contribution < -0.4 is 20.9 Å². The first-order valence-electron chi connectivity index (χ1n) is 9.68. The topological polar surface area (TPSA) is 67.7 Å². The van der Waals surface area contributed by atoms with Crippen molar-refractivity contribution in [1.29, 1.82) is 0 Å². The molecule has 2 N–H and O–H groups in total. The maximum Gasteiger partial charge on any atom is 0.250 e. The molecule has 0 aliphatic carbocycles. The maximum atomic E-state index is 12.9. The van der Waals surface area contributed by atoms with Gasteiger partial charge in [-0.3, -0.25) is 4.79 Å². The van der Waals surface area contributed by atoms with Gasteiger partial charge in [0.15, 0.2) is 5.96 Å². The highest BCUT2D eigenvalue weighted by Gasteiger charge is 2.05. The molecule has 0 radical (unpaired) electrons. The molecule has 0 aliphatic rings. The first-order valence-corrected chi connectivity index (χ1v) is 9.68. The molecule has 29 heavy (non-hydrogen) atoms. The van der Waals surface area contributed by atoms with E-state index in [0.29, 0.717) is 18.8 Å². The van der Waals surface area contributed by atoms with E-state index in [4.69, 9.17) is 4.74 Å². The van der Waals surface area contributed by atoms with Gasteiger partial charge in [0.25, 0.3) is 0 Å². The van der Waals surface area contributed by atoms with E-state index in [0.717, 1.165) is 31.9 Å². The van der Waals surface area contributed by atoms with Gasteiger partial charge in [0.2, 0.25) is 5.56 Å². The minimum atomic E-state index is -0.284. The first-order chi connectivity index (χ1) is 13.6. The minimum Gasteiger partial charge on any atom is -0.489 e. The van der Waals surface area contributed by atoms with Crippen LogP contribution in [0.5, 0.6) is 5.75 Å². The van der Waals surface area contributed by atoms with E-state index in [9.17, 15) is 9.18 Å². The minimum absolute atomic E-state index is 0. The second-order valence-corrected chi connectivity index (χ2v) is 6.47. The number of unbranched alkanes of at least 4 members (excludes halogenated alkanes) is 1. The number of guanidine groups is 1. The van der Waals surface area contributed by atoms with Crippen molar-refractivity contribution < 1.29 is 9.13 Å². The SMILES string of the molecule is CCNC(=NCC(C)Oc1ccc(F)cc1)NCCCCn1ccccc1=O.I. The molecular weight excluding hydrogens is 486 g/mol. The number of hydrogen-bond donors (Lipinski definition) is 2. The fraction of sp³-hybridized carbons (Fsp3) is 0.429. The number of aliphatic imine (C=N–C) groups is 1. The van der Waals surface area contributed by atoms with Crippen LogP contribution in [-0.4, -0.2) is 36.3 Å². The predicted molar refractivity (Wildman–Crippen MR) is 126 cm³/mol. The van der Waals surface area contributed by atoms with Crippen molar-refractivity contribution in [1.82, 2.24) is 15.2 Å². The van der Waals surface area contributed by atoms with Gasteiger partial charge in [0.1, 0.15) is 17.7 Å². The standard InChI is InChI=1S/C21H29FN4O2.HI/c1-3-23-21(24-13-5-7-15-26-14-6-4-8-20(26)27)25-16-17(2)28-19-11-9-18(22)10-12-19;/h4,6,8-12,14,17H,3,5,7,13,15-16H2,1-2H3,(H2,23,24,25);1H. The van der Waals surface area contributed by atoms with E-state index in [1.807, 2.05) is 26.1 Å². The summed E-state index contributed by atoms with van der Waals surface area (Å²) in [7, 11) is 0. The van der Waals surface area contributed by atoms with Gasteiger partial charge in [-0.05, 0) is 57.0 Å². The van der Waals surface area contributed by atoms with Crippen molar-refractivity contribution in [2.75, 3.05) is 19.6 Å². The molecule has 2 aromatic rings. The average molecular weight is 516 g/mol. The van der Waals surface area contributed by atoms with E-state index in [2.05, 4.69) is 15.6 Å². The van der Waals surface area contributed by atoms with Crippen LogP contribution in [0.25, 0.3) is 0 Å². The van der Waals surface area contributed by atoms with Crippen molar-refractivity contribution in [3.63, 3.8) is 0 Å². The van der Waals surface area contributed by atoms with E-state index < -0.39 is 0 Å². The highest BCUT2D eigenvalue weighted by molar-refractivity contribution is 14.0. The third-order valence-corrected chi connectivity index (χ3v) is 4.02. The van der Waals surface area contributed by atoms with Crippen LogP contribution in [0.4, 0.5) is 4.39 Å². The third-order valence-electron chi connectivity index (χ3n) is 4.02. The first kappa shape index (κ1) is 24.9. The Bertz CT molecular complexity index is 796. The van der Waals surface area contributed by atoms with Crippen LogP contribution in [0.1, 0.15) is 26.7 Å².